The van der Waals surface area contributed by atoms with Crippen molar-refractivity contribution in [2.45, 2.75) is 31.6 Å². The van der Waals surface area contributed by atoms with E-state index >= 15 is 0 Å². The molecule has 7 nitrogen and oxygen atoms in total. The number of β-amino-alcohol motifs (C(OH)–C–C–N with tert-alkyl or cyclic N) is 1. The molecule has 2 heterocycles. The van der Waals surface area contributed by atoms with Gasteiger partial charge in [0.2, 0.25) is 11.8 Å². The molecule has 0 saturated carbocycles. The van der Waals surface area contributed by atoms with Gasteiger partial charge in [-0.1, -0.05) is 18.2 Å². The number of hydrogen-bond donors (Lipinski definition) is 4. The number of aliphatic hydroxyl groups is 1. The summed E-state index contributed by atoms with van der Waals surface area (Å²) in [6, 6.07) is 12.9. The first kappa shape index (κ1) is 20.8. The number of carbonyl (C=O) groups excluding carboxylic acids is 2. The van der Waals surface area contributed by atoms with Crippen LogP contribution in [0.25, 0.3) is 22.2 Å². The molecule has 0 bridgehead atoms. The minimum Gasteiger partial charge on any atom is -0.435 e. The van der Waals surface area contributed by atoms with Crippen molar-refractivity contribution >= 4 is 22.7 Å². The van der Waals surface area contributed by atoms with Crippen LogP contribution in [0, 0.1) is 0 Å². The molecule has 0 spiro atoms. The topological polar surface area (TPSA) is 103 Å². The summed E-state index contributed by atoms with van der Waals surface area (Å²) >= 11 is 0. The average Bonchev–Trinajstić information content (AvgIpc) is 3.27. The third kappa shape index (κ3) is 4.51. The highest BCUT2D eigenvalue weighted by Crippen LogP contribution is 2.32. The Morgan fingerprint density at radius 1 is 1.19 bits per heavy atom. The summed E-state index contributed by atoms with van der Waals surface area (Å²) in [5.41, 5.74) is 3.31. The molecule has 2 amide bonds. The number of alkyl halides is 2. The molecule has 3 aromatic rings. The van der Waals surface area contributed by atoms with Crippen molar-refractivity contribution in [2.75, 3.05) is 6.54 Å². The van der Waals surface area contributed by atoms with Gasteiger partial charge in [0.25, 0.3) is 0 Å². The monoisotopic (exact) mass is 429 g/mol. The molecule has 0 unspecified atom stereocenters. The van der Waals surface area contributed by atoms with Gasteiger partial charge in [-0.3, -0.25) is 9.59 Å². The second-order valence-corrected chi connectivity index (χ2v) is 7.28. The number of H-pyrrole nitrogens is 1. The summed E-state index contributed by atoms with van der Waals surface area (Å²) in [6.45, 7) is -2.78. The molecular weight excluding hydrogens is 408 g/mol. The van der Waals surface area contributed by atoms with E-state index in [1.54, 1.807) is 12.1 Å². The first-order valence-corrected chi connectivity index (χ1v) is 9.82. The first-order valence-electron chi connectivity index (χ1n) is 9.82. The number of hydrogen-bond acceptors (Lipinski definition) is 4. The van der Waals surface area contributed by atoms with Gasteiger partial charge >= 0.3 is 6.61 Å². The quantitative estimate of drug-likeness (QED) is 0.463. The Morgan fingerprint density at radius 2 is 1.94 bits per heavy atom. The number of benzene rings is 2. The normalized spacial score (nSPS) is 18.4. The largest absolute Gasteiger partial charge is 0.435 e. The van der Waals surface area contributed by atoms with Gasteiger partial charge in [0.15, 0.2) is 0 Å². The zero-order chi connectivity index (χ0) is 22.0. The second kappa shape index (κ2) is 8.73. The molecule has 0 radical (unpaired) electrons. The number of aryl methyl sites for hydroxylation is 1. The molecule has 1 aromatic heterocycles. The molecule has 0 aliphatic carbocycles. The summed E-state index contributed by atoms with van der Waals surface area (Å²) in [4.78, 5) is 27.5. The van der Waals surface area contributed by atoms with Gasteiger partial charge in [-0.05, 0) is 47.9 Å². The molecule has 2 aromatic carbocycles. The lowest BCUT2D eigenvalue weighted by atomic mass is 10.0. The number of fused-ring (bicyclic) bond motifs is 1. The molecule has 162 valence electrons. The lowest BCUT2D eigenvalue weighted by Crippen LogP contribution is -2.45. The summed E-state index contributed by atoms with van der Waals surface area (Å²) in [5.74, 6) is -0.693. The Hall–Kier alpha value is -3.46. The minimum atomic E-state index is -2.89. The fourth-order valence-corrected chi connectivity index (χ4v) is 3.76. The Labute approximate surface area is 176 Å². The van der Waals surface area contributed by atoms with Crippen LogP contribution in [0.5, 0.6) is 5.75 Å². The van der Waals surface area contributed by atoms with Gasteiger partial charge in [0.1, 0.15) is 17.9 Å². The smallest absolute Gasteiger partial charge is 0.387 e. The van der Waals surface area contributed by atoms with Crippen molar-refractivity contribution in [3.63, 3.8) is 0 Å². The lowest BCUT2D eigenvalue weighted by molar-refractivity contribution is -0.128. The van der Waals surface area contributed by atoms with Gasteiger partial charge < -0.3 is 25.5 Å². The zero-order valence-electron chi connectivity index (χ0n) is 16.4. The maximum absolute atomic E-state index is 12.4. The zero-order valence-corrected chi connectivity index (χ0v) is 16.4. The van der Waals surface area contributed by atoms with Gasteiger partial charge in [-0.15, -0.1) is 0 Å². The van der Waals surface area contributed by atoms with Crippen molar-refractivity contribution in [3.05, 3.63) is 54.1 Å². The number of para-hydroxylation sites is 1. The number of nitrogens with one attached hydrogen (secondary N) is 3. The predicted molar refractivity (Wildman–Crippen MR) is 110 cm³/mol. The van der Waals surface area contributed by atoms with Crippen molar-refractivity contribution in [2.24, 2.45) is 0 Å². The summed E-state index contributed by atoms with van der Waals surface area (Å²) < 4.78 is 29.2. The highest BCUT2D eigenvalue weighted by atomic mass is 19.3. The van der Waals surface area contributed by atoms with Crippen LogP contribution in [-0.2, 0) is 16.0 Å². The van der Waals surface area contributed by atoms with Crippen molar-refractivity contribution in [1.29, 1.82) is 0 Å². The summed E-state index contributed by atoms with van der Waals surface area (Å²) in [5, 5.41) is 15.8. The number of amides is 2. The molecule has 4 N–H and O–H groups in total. The fraction of sp³-hybridized carbons (Fsp3) is 0.273. The van der Waals surface area contributed by atoms with Crippen LogP contribution >= 0.6 is 0 Å². The van der Waals surface area contributed by atoms with E-state index in [4.69, 9.17) is 0 Å². The molecule has 1 aliphatic heterocycles. The maximum Gasteiger partial charge on any atom is 0.387 e. The van der Waals surface area contributed by atoms with Crippen LogP contribution < -0.4 is 15.4 Å². The molecule has 1 aliphatic rings. The van der Waals surface area contributed by atoms with Gasteiger partial charge in [0, 0.05) is 29.6 Å². The lowest BCUT2D eigenvalue weighted by Gasteiger charge is -2.14. The van der Waals surface area contributed by atoms with Crippen LogP contribution in [-0.4, -0.2) is 47.2 Å². The molecular formula is C22H21F2N3O4. The molecule has 1 saturated heterocycles. The Bertz CT molecular complexity index is 1100. The Balaban J connectivity index is 1.55. The number of ether oxygens (including phenoxy) is 1. The van der Waals surface area contributed by atoms with E-state index < -0.39 is 24.7 Å². The van der Waals surface area contributed by atoms with Gasteiger partial charge in [-0.25, -0.2) is 0 Å². The number of rotatable bonds is 7. The number of carbonyl (C=O) groups is 2. The molecule has 2 atom stereocenters. The van der Waals surface area contributed by atoms with Crippen LogP contribution in [0.15, 0.2) is 48.5 Å². The molecule has 4 rings (SSSR count). The summed E-state index contributed by atoms with van der Waals surface area (Å²) in [6.07, 6.45) is -0.461. The van der Waals surface area contributed by atoms with Crippen molar-refractivity contribution in [3.8, 4) is 17.0 Å². The second-order valence-electron chi connectivity index (χ2n) is 7.28. The number of aromatic amines is 1. The van der Waals surface area contributed by atoms with Crippen LogP contribution in [0.3, 0.4) is 0 Å². The van der Waals surface area contributed by atoms with E-state index in [9.17, 15) is 23.5 Å². The predicted octanol–water partition coefficient (Wildman–Crippen LogP) is 2.34. The van der Waals surface area contributed by atoms with E-state index in [0.29, 0.717) is 6.42 Å². The van der Waals surface area contributed by atoms with Crippen molar-refractivity contribution < 1.29 is 28.2 Å². The Morgan fingerprint density at radius 3 is 2.61 bits per heavy atom. The maximum atomic E-state index is 12.4. The van der Waals surface area contributed by atoms with E-state index in [1.165, 1.54) is 12.1 Å². The van der Waals surface area contributed by atoms with Gasteiger partial charge in [0.05, 0.1) is 0 Å². The van der Waals surface area contributed by atoms with Crippen molar-refractivity contribution in [1.82, 2.24) is 15.6 Å². The van der Waals surface area contributed by atoms with E-state index in [0.717, 1.165) is 27.7 Å². The van der Waals surface area contributed by atoms with E-state index in [2.05, 4.69) is 20.4 Å². The minimum absolute atomic E-state index is 0.0594. The number of aliphatic hydroxyl groups excluding tert-OH is 1. The Kier molecular flexibility index (Phi) is 5.85. The number of halogens is 2. The van der Waals surface area contributed by atoms with Gasteiger partial charge in [-0.2, -0.15) is 8.78 Å². The average molecular weight is 429 g/mol. The van der Waals surface area contributed by atoms with Crippen LogP contribution in [0.4, 0.5) is 8.78 Å². The highest BCUT2D eigenvalue weighted by Gasteiger charge is 2.34. The third-order valence-electron chi connectivity index (χ3n) is 5.25. The van der Waals surface area contributed by atoms with E-state index in [1.807, 2.05) is 24.3 Å². The summed E-state index contributed by atoms with van der Waals surface area (Å²) in [7, 11) is 0. The van der Waals surface area contributed by atoms with Crippen LogP contribution in [0.1, 0.15) is 12.0 Å². The third-order valence-corrected chi connectivity index (χ3v) is 5.25. The fourth-order valence-electron chi connectivity index (χ4n) is 3.76. The van der Waals surface area contributed by atoms with Crippen LogP contribution in [0.2, 0.25) is 0 Å². The molecule has 9 heteroatoms. The van der Waals surface area contributed by atoms with E-state index in [-0.39, 0.29) is 24.6 Å². The SMILES string of the molecule is O=C(CCc1c(-c2ccc(OC(F)F)cc2)[nH]c2ccccc12)N[C@@H]1C(=O)NC[C@H]1O. The molecule has 1 fully saturated rings. The standard InChI is InChI=1S/C22H21F2N3O4/c23-22(24)31-13-7-5-12(6-8-13)19-15(14-3-1-2-4-16(14)26-19)9-10-18(29)27-20-17(28)11-25-21(20)30/h1-8,17,20,22,26,28H,9-11H2,(H,25,30)(H,27,29)/t17-,20+/m1/s1. The molecule has 31 heavy (non-hydrogen) atoms. The first-order chi connectivity index (χ1) is 14.9. The number of aromatic nitrogens is 1. The highest BCUT2D eigenvalue weighted by molar-refractivity contribution is 5.92.